The van der Waals surface area contributed by atoms with Gasteiger partial charge < -0.3 is 4.42 Å². The molecule has 0 spiro atoms. The van der Waals surface area contributed by atoms with Gasteiger partial charge in [0.2, 0.25) is 0 Å². The summed E-state index contributed by atoms with van der Waals surface area (Å²) in [7, 11) is 0. The molecule has 0 aliphatic heterocycles. The van der Waals surface area contributed by atoms with Crippen LogP contribution < -0.4 is 0 Å². The van der Waals surface area contributed by atoms with Crippen molar-refractivity contribution in [2.75, 3.05) is 0 Å². The molecule has 2 heteroatoms. The van der Waals surface area contributed by atoms with Gasteiger partial charge in [-0.05, 0) is 24.3 Å². The summed E-state index contributed by atoms with van der Waals surface area (Å²) >= 11 is 0. The summed E-state index contributed by atoms with van der Waals surface area (Å²) in [5, 5.41) is 0. The Morgan fingerprint density at radius 1 is 1.09 bits per heavy atom. The Morgan fingerprint density at radius 3 is 2.73 bits per heavy atom. The molecule has 0 aliphatic rings. The number of nitrogens with zero attached hydrogens (tertiary/aromatic N) is 1. The van der Waals surface area contributed by atoms with E-state index in [4.69, 9.17) is 4.42 Å². The zero-order valence-corrected chi connectivity index (χ0v) is 5.90. The average molecular weight is 145 g/mol. The smallest absolute Gasteiger partial charge is 0.152 e. The summed E-state index contributed by atoms with van der Waals surface area (Å²) in [4.78, 5) is 4.13. The van der Waals surface area contributed by atoms with Gasteiger partial charge in [-0.1, -0.05) is 6.07 Å². The van der Waals surface area contributed by atoms with Gasteiger partial charge in [0, 0.05) is 6.20 Å². The Labute approximate surface area is 64.5 Å². The van der Waals surface area contributed by atoms with E-state index < -0.39 is 0 Å². The average Bonchev–Trinajstić information content (AvgIpc) is 2.58. The maximum atomic E-state index is 5.16. The minimum atomic E-state index is 0.811. The largest absolute Gasteiger partial charge is 0.463 e. The summed E-state index contributed by atoms with van der Waals surface area (Å²) in [5.74, 6) is 0.811. The molecule has 2 aromatic rings. The van der Waals surface area contributed by atoms with E-state index >= 15 is 0 Å². The summed E-state index contributed by atoms with van der Waals surface area (Å²) in [6, 6.07) is 9.47. The van der Waals surface area contributed by atoms with Crippen LogP contribution in [0.4, 0.5) is 0 Å². The second-order valence-corrected chi connectivity index (χ2v) is 2.19. The first-order valence-corrected chi connectivity index (χ1v) is 3.42. The van der Waals surface area contributed by atoms with E-state index in [0.29, 0.717) is 0 Å². The molecule has 2 rings (SSSR count). The number of hydrogen-bond donors (Lipinski definition) is 0. The molecule has 54 valence electrons. The Kier molecular flexibility index (Phi) is 1.44. The van der Waals surface area contributed by atoms with Gasteiger partial charge in [0.05, 0.1) is 6.26 Å². The number of aromatic nitrogens is 1. The fraction of sp³-hybridized carbons (Fsp3) is 0. The van der Waals surface area contributed by atoms with E-state index in [1.807, 2.05) is 30.3 Å². The third kappa shape index (κ3) is 1.15. The first kappa shape index (κ1) is 6.16. The van der Waals surface area contributed by atoms with E-state index in [1.165, 1.54) is 0 Å². The molecule has 0 radical (unpaired) electrons. The van der Waals surface area contributed by atoms with Crippen LogP contribution in [0.2, 0.25) is 0 Å². The van der Waals surface area contributed by atoms with Crippen LogP contribution in [0, 0.1) is 0 Å². The lowest BCUT2D eigenvalue weighted by Crippen LogP contribution is -1.76. The Bertz CT molecular complexity index is 313. The van der Waals surface area contributed by atoms with Crippen molar-refractivity contribution in [2.24, 2.45) is 0 Å². The van der Waals surface area contributed by atoms with E-state index in [-0.39, 0.29) is 0 Å². The van der Waals surface area contributed by atoms with Crippen molar-refractivity contribution in [3.8, 4) is 11.5 Å². The van der Waals surface area contributed by atoms with Gasteiger partial charge in [0.1, 0.15) is 5.69 Å². The molecule has 0 atom stereocenters. The third-order valence-corrected chi connectivity index (χ3v) is 1.44. The van der Waals surface area contributed by atoms with Gasteiger partial charge in [0.25, 0.3) is 0 Å². The first-order chi connectivity index (χ1) is 5.47. The zero-order valence-electron chi connectivity index (χ0n) is 5.90. The van der Waals surface area contributed by atoms with Crippen LogP contribution in [0.25, 0.3) is 11.5 Å². The quantitative estimate of drug-likeness (QED) is 0.615. The molecule has 2 heterocycles. The van der Waals surface area contributed by atoms with Crippen molar-refractivity contribution in [3.05, 3.63) is 42.8 Å². The second-order valence-electron chi connectivity index (χ2n) is 2.19. The molecule has 0 N–H and O–H groups in total. The molecular formula is C9H7NO. The summed E-state index contributed by atoms with van der Waals surface area (Å²) in [6.45, 7) is 0. The van der Waals surface area contributed by atoms with E-state index in [2.05, 4.69) is 4.98 Å². The fourth-order valence-corrected chi connectivity index (χ4v) is 0.933. The normalized spacial score (nSPS) is 9.82. The number of pyridine rings is 1. The van der Waals surface area contributed by atoms with Crippen LogP contribution in [-0.2, 0) is 0 Å². The van der Waals surface area contributed by atoms with Crippen molar-refractivity contribution in [2.45, 2.75) is 0 Å². The highest BCUT2D eigenvalue weighted by atomic mass is 16.3. The van der Waals surface area contributed by atoms with Crippen molar-refractivity contribution < 1.29 is 4.42 Å². The molecule has 0 bridgehead atoms. The van der Waals surface area contributed by atoms with Crippen LogP contribution in [0.3, 0.4) is 0 Å². The lowest BCUT2D eigenvalue weighted by Gasteiger charge is -1.91. The standard InChI is InChI=1S/C9H7NO/c1-2-6-10-8(4-1)9-5-3-7-11-9/h1-7H. The fourth-order valence-electron chi connectivity index (χ4n) is 0.933. The third-order valence-electron chi connectivity index (χ3n) is 1.44. The summed E-state index contributed by atoms with van der Waals surface area (Å²) in [5.41, 5.74) is 0.873. The second kappa shape index (κ2) is 2.58. The predicted molar refractivity (Wildman–Crippen MR) is 41.9 cm³/mol. The van der Waals surface area contributed by atoms with Crippen LogP contribution in [-0.4, -0.2) is 4.98 Å². The van der Waals surface area contributed by atoms with Crippen LogP contribution in [0.15, 0.2) is 47.2 Å². The van der Waals surface area contributed by atoms with Gasteiger partial charge in [-0.25, -0.2) is 0 Å². The molecule has 0 saturated carbocycles. The number of hydrogen-bond acceptors (Lipinski definition) is 2. The SMILES string of the molecule is c1ccc(-c2ccco2)nc1. The van der Waals surface area contributed by atoms with E-state index in [0.717, 1.165) is 11.5 Å². The molecule has 2 nitrogen and oxygen atoms in total. The van der Waals surface area contributed by atoms with E-state index in [9.17, 15) is 0 Å². The van der Waals surface area contributed by atoms with Crippen molar-refractivity contribution in [1.82, 2.24) is 4.98 Å². The number of rotatable bonds is 1. The van der Waals surface area contributed by atoms with Gasteiger partial charge >= 0.3 is 0 Å². The lowest BCUT2D eigenvalue weighted by atomic mass is 10.3. The van der Waals surface area contributed by atoms with Crippen LogP contribution in [0.5, 0.6) is 0 Å². The predicted octanol–water partition coefficient (Wildman–Crippen LogP) is 2.34. The lowest BCUT2D eigenvalue weighted by molar-refractivity contribution is 0.580. The molecule has 11 heavy (non-hydrogen) atoms. The summed E-state index contributed by atoms with van der Waals surface area (Å²) in [6.07, 6.45) is 3.39. The maximum Gasteiger partial charge on any atom is 0.152 e. The molecule has 0 saturated heterocycles. The summed E-state index contributed by atoms with van der Waals surface area (Å²) < 4.78 is 5.16. The molecule has 0 amide bonds. The molecule has 0 fully saturated rings. The van der Waals surface area contributed by atoms with Crippen molar-refractivity contribution in [1.29, 1.82) is 0 Å². The highest BCUT2D eigenvalue weighted by Gasteiger charge is 1.97. The molecule has 0 aromatic carbocycles. The van der Waals surface area contributed by atoms with Crippen LogP contribution >= 0.6 is 0 Å². The maximum absolute atomic E-state index is 5.16. The van der Waals surface area contributed by atoms with Crippen molar-refractivity contribution in [3.63, 3.8) is 0 Å². The van der Waals surface area contributed by atoms with Gasteiger partial charge in [-0.15, -0.1) is 0 Å². The van der Waals surface area contributed by atoms with Gasteiger partial charge in [0.15, 0.2) is 5.76 Å². The first-order valence-electron chi connectivity index (χ1n) is 3.42. The topological polar surface area (TPSA) is 26.0 Å². The van der Waals surface area contributed by atoms with Gasteiger partial charge in [-0.3, -0.25) is 4.98 Å². The van der Waals surface area contributed by atoms with Crippen molar-refractivity contribution >= 4 is 0 Å². The highest BCUT2D eigenvalue weighted by molar-refractivity contribution is 5.50. The minimum absolute atomic E-state index is 0.811. The van der Waals surface area contributed by atoms with Crippen LogP contribution in [0.1, 0.15) is 0 Å². The molecular weight excluding hydrogens is 138 g/mol. The highest BCUT2D eigenvalue weighted by Crippen LogP contribution is 2.15. The zero-order chi connectivity index (χ0) is 7.52. The molecule has 0 aliphatic carbocycles. The van der Waals surface area contributed by atoms with Gasteiger partial charge in [-0.2, -0.15) is 0 Å². The Balaban J connectivity index is 2.46. The van der Waals surface area contributed by atoms with E-state index in [1.54, 1.807) is 12.5 Å². The Hall–Kier alpha value is -1.57. The minimum Gasteiger partial charge on any atom is -0.463 e. The monoisotopic (exact) mass is 145 g/mol. The molecule has 2 aromatic heterocycles. The Morgan fingerprint density at radius 2 is 2.09 bits per heavy atom. The molecule has 0 unspecified atom stereocenters. The number of furan rings is 1.